The van der Waals surface area contributed by atoms with Crippen molar-refractivity contribution in [1.29, 1.82) is 0 Å². The lowest BCUT2D eigenvalue weighted by atomic mass is 10.1. The van der Waals surface area contributed by atoms with Crippen LogP contribution in [0.1, 0.15) is 26.3 Å². The van der Waals surface area contributed by atoms with Crippen molar-refractivity contribution in [2.24, 2.45) is 11.7 Å². The SMILES string of the molecule is CC(C)C(C)N(C)S(=O)(=O)c1ccccc1CN. The number of nitrogens with two attached hydrogens (primary N) is 1. The second kappa shape index (κ2) is 5.82. The van der Waals surface area contributed by atoms with Crippen molar-refractivity contribution in [3.05, 3.63) is 29.8 Å². The van der Waals surface area contributed by atoms with Crippen LogP contribution in [0.4, 0.5) is 0 Å². The summed E-state index contributed by atoms with van der Waals surface area (Å²) < 4.78 is 26.5. The molecule has 0 amide bonds. The molecule has 1 aromatic rings. The Morgan fingerprint density at radius 3 is 2.28 bits per heavy atom. The molecule has 1 unspecified atom stereocenters. The van der Waals surface area contributed by atoms with Gasteiger partial charge in [0.2, 0.25) is 10.0 Å². The average molecular weight is 270 g/mol. The zero-order valence-corrected chi connectivity index (χ0v) is 12.2. The van der Waals surface area contributed by atoms with Crippen LogP contribution in [0.15, 0.2) is 29.2 Å². The molecule has 1 aromatic carbocycles. The van der Waals surface area contributed by atoms with Crippen LogP contribution in [-0.4, -0.2) is 25.8 Å². The number of nitrogens with zero attached hydrogens (tertiary/aromatic N) is 1. The Balaban J connectivity index is 3.21. The molecule has 0 heterocycles. The van der Waals surface area contributed by atoms with Gasteiger partial charge in [-0.25, -0.2) is 8.42 Å². The fraction of sp³-hybridized carbons (Fsp3) is 0.538. The van der Waals surface area contributed by atoms with Crippen LogP contribution in [0.2, 0.25) is 0 Å². The van der Waals surface area contributed by atoms with Gasteiger partial charge in [0.1, 0.15) is 0 Å². The van der Waals surface area contributed by atoms with E-state index in [1.165, 1.54) is 4.31 Å². The Labute approximate surface area is 110 Å². The Bertz CT molecular complexity index is 497. The zero-order valence-electron chi connectivity index (χ0n) is 11.4. The van der Waals surface area contributed by atoms with Crippen LogP contribution in [-0.2, 0) is 16.6 Å². The van der Waals surface area contributed by atoms with Gasteiger partial charge in [-0.3, -0.25) is 0 Å². The highest BCUT2D eigenvalue weighted by atomic mass is 32.2. The summed E-state index contributed by atoms with van der Waals surface area (Å²) in [6, 6.07) is 6.83. The topological polar surface area (TPSA) is 63.4 Å². The average Bonchev–Trinajstić information content (AvgIpc) is 2.36. The highest BCUT2D eigenvalue weighted by Gasteiger charge is 2.28. The second-order valence-electron chi connectivity index (χ2n) is 4.82. The Kier molecular flexibility index (Phi) is 4.90. The van der Waals surface area contributed by atoms with Crippen LogP contribution in [0, 0.1) is 5.92 Å². The van der Waals surface area contributed by atoms with E-state index in [4.69, 9.17) is 5.73 Å². The summed E-state index contributed by atoms with van der Waals surface area (Å²) >= 11 is 0. The molecule has 0 bridgehead atoms. The molecule has 0 aliphatic carbocycles. The molecule has 5 heteroatoms. The maximum Gasteiger partial charge on any atom is 0.243 e. The van der Waals surface area contributed by atoms with Crippen molar-refractivity contribution >= 4 is 10.0 Å². The lowest BCUT2D eigenvalue weighted by molar-refractivity contribution is 0.315. The van der Waals surface area contributed by atoms with Gasteiger partial charge in [0, 0.05) is 19.6 Å². The van der Waals surface area contributed by atoms with Gasteiger partial charge in [-0.05, 0) is 24.5 Å². The van der Waals surface area contributed by atoms with Gasteiger partial charge in [-0.15, -0.1) is 0 Å². The summed E-state index contributed by atoms with van der Waals surface area (Å²) in [5, 5.41) is 0. The van der Waals surface area contributed by atoms with Gasteiger partial charge in [-0.1, -0.05) is 32.0 Å². The van der Waals surface area contributed by atoms with E-state index in [2.05, 4.69) is 0 Å². The number of benzene rings is 1. The van der Waals surface area contributed by atoms with Crippen LogP contribution in [0.3, 0.4) is 0 Å². The first-order chi connectivity index (χ1) is 8.32. The van der Waals surface area contributed by atoms with Gasteiger partial charge in [0.05, 0.1) is 4.90 Å². The van der Waals surface area contributed by atoms with Crippen molar-refractivity contribution in [2.75, 3.05) is 7.05 Å². The molecule has 102 valence electrons. The number of hydrogen-bond donors (Lipinski definition) is 1. The largest absolute Gasteiger partial charge is 0.326 e. The molecule has 0 saturated heterocycles. The first kappa shape index (κ1) is 15.1. The van der Waals surface area contributed by atoms with Crippen molar-refractivity contribution in [3.63, 3.8) is 0 Å². The molecule has 0 fully saturated rings. The third-order valence-corrected chi connectivity index (χ3v) is 5.43. The van der Waals surface area contributed by atoms with Gasteiger partial charge in [0.25, 0.3) is 0 Å². The smallest absolute Gasteiger partial charge is 0.243 e. The van der Waals surface area contributed by atoms with E-state index in [9.17, 15) is 8.42 Å². The maximum atomic E-state index is 12.5. The van der Waals surface area contributed by atoms with E-state index in [1.54, 1.807) is 31.3 Å². The molecule has 0 spiro atoms. The van der Waals surface area contributed by atoms with E-state index in [-0.39, 0.29) is 18.5 Å². The van der Waals surface area contributed by atoms with Gasteiger partial charge in [-0.2, -0.15) is 4.31 Å². The molecule has 0 aliphatic rings. The zero-order chi connectivity index (χ0) is 13.9. The second-order valence-corrected chi connectivity index (χ2v) is 6.78. The Morgan fingerprint density at radius 1 is 1.22 bits per heavy atom. The minimum atomic E-state index is -3.47. The van der Waals surface area contributed by atoms with E-state index in [0.29, 0.717) is 10.5 Å². The Morgan fingerprint density at radius 2 is 1.78 bits per heavy atom. The molecule has 4 nitrogen and oxygen atoms in total. The van der Waals surface area contributed by atoms with Gasteiger partial charge < -0.3 is 5.73 Å². The molecule has 1 atom stereocenters. The summed E-state index contributed by atoms with van der Waals surface area (Å²) in [6.07, 6.45) is 0. The molecule has 0 saturated carbocycles. The summed E-state index contributed by atoms with van der Waals surface area (Å²) in [6.45, 7) is 6.14. The summed E-state index contributed by atoms with van der Waals surface area (Å²) in [5.74, 6) is 0.259. The monoisotopic (exact) mass is 270 g/mol. The van der Waals surface area contributed by atoms with Crippen LogP contribution in [0.25, 0.3) is 0 Å². The first-order valence-corrected chi connectivity index (χ1v) is 7.52. The highest BCUT2D eigenvalue weighted by Crippen LogP contribution is 2.22. The van der Waals surface area contributed by atoms with E-state index >= 15 is 0 Å². The van der Waals surface area contributed by atoms with Crippen LogP contribution in [0.5, 0.6) is 0 Å². The van der Waals surface area contributed by atoms with E-state index < -0.39 is 10.0 Å². The maximum absolute atomic E-state index is 12.5. The van der Waals surface area contributed by atoms with Crippen molar-refractivity contribution < 1.29 is 8.42 Å². The Hall–Kier alpha value is -0.910. The lowest BCUT2D eigenvalue weighted by Crippen LogP contribution is -2.38. The molecule has 1 rings (SSSR count). The highest BCUT2D eigenvalue weighted by molar-refractivity contribution is 7.89. The van der Waals surface area contributed by atoms with Crippen molar-refractivity contribution in [1.82, 2.24) is 4.31 Å². The lowest BCUT2D eigenvalue weighted by Gasteiger charge is -2.27. The minimum absolute atomic E-state index is 0.0548. The minimum Gasteiger partial charge on any atom is -0.326 e. The third kappa shape index (κ3) is 2.91. The summed E-state index contributed by atoms with van der Waals surface area (Å²) in [5.41, 5.74) is 6.25. The number of sulfonamides is 1. The third-order valence-electron chi connectivity index (χ3n) is 3.39. The van der Waals surface area contributed by atoms with E-state index in [1.807, 2.05) is 20.8 Å². The van der Waals surface area contributed by atoms with Crippen LogP contribution < -0.4 is 5.73 Å². The predicted octanol–water partition coefficient (Wildman–Crippen LogP) is 1.81. The molecule has 0 aliphatic heterocycles. The fourth-order valence-corrected chi connectivity index (χ4v) is 3.44. The van der Waals surface area contributed by atoms with Crippen LogP contribution >= 0.6 is 0 Å². The van der Waals surface area contributed by atoms with Crippen molar-refractivity contribution in [3.8, 4) is 0 Å². The fourth-order valence-electron chi connectivity index (χ4n) is 1.72. The molecular formula is C13H22N2O2S. The predicted molar refractivity (Wildman–Crippen MR) is 73.6 cm³/mol. The number of hydrogen-bond acceptors (Lipinski definition) is 3. The van der Waals surface area contributed by atoms with Gasteiger partial charge >= 0.3 is 0 Å². The normalized spacial score (nSPS) is 14.2. The quantitative estimate of drug-likeness (QED) is 0.887. The summed E-state index contributed by atoms with van der Waals surface area (Å²) in [7, 11) is -1.85. The molecule has 18 heavy (non-hydrogen) atoms. The summed E-state index contributed by atoms with van der Waals surface area (Å²) in [4.78, 5) is 0.308. The standard InChI is InChI=1S/C13H22N2O2S/c1-10(2)11(3)15(4)18(16,17)13-8-6-5-7-12(13)9-14/h5-8,10-11H,9,14H2,1-4H3. The molecular weight excluding hydrogens is 248 g/mol. The molecule has 2 N–H and O–H groups in total. The van der Waals surface area contributed by atoms with Gasteiger partial charge in [0.15, 0.2) is 0 Å². The van der Waals surface area contributed by atoms with Crippen molar-refractivity contribution in [2.45, 2.75) is 38.3 Å². The van der Waals surface area contributed by atoms with E-state index in [0.717, 1.165) is 0 Å². The molecule has 0 aromatic heterocycles. The first-order valence-electron chi connectivity index (χ1n) is 6.08. The molecule has 0 radical (unpaired) electrons. The number of rotatable bonds is 5.